The van der Waals surface area contributed by atoms with Crippen LogP contribution < -0.4 is 21.3 Å². The number of carbonyl (C=O) groups is 3. The zero-order valence-electron chi connectivity index (χ0n) is 16.0. The number of urea groups is 1. The molecule has 9 heteroatoms. The number of guanidine groups is 1. The highest BCUT2D eigenvalue weighted by atomic mass is 16.2. The van der Waals surface area contributed by atoms with Crippen molar-refractivity contribution in [2.24, 2.45) is 16.8 Å². The van der Waals surface area contributed by atoms with Crippen LogP contribution in [0.4, 0.5) is 4.79 Å². The van der Waals surface area contributed by atoms with E-state index in [0.717, 1.165) is 31.9 Å². The molecule has 2 rings (SSSR count). The second kappa shape index (κ2) is 8.37. The van der Waals surface area contributed by atoms with Gasteiger partial charge in [0.1, 0.15) is 5.54 Å². The Kier molecular flexibility index (Phi) is 6.44. The molecule has 0 spiro atoms. The van der Waals surface area contributed by atoms with E-state index in [1.54, 1.807) is 14.0 Å². The number of aliphatic imine (C=N–C) groups is 1. The third-order valence-electron chi connectivity index (χ3n) is 5.13. The average molecular weight is 366 g/mol. The third kappa shape index (κ3) is 4.44. The van der Waals surface area contributed by atoms with Crippen molar-refractivity contribution in [1.29, 1.82) is 0 Å². The molecule has 1 unspecified atom stereocenters. The number of rotatable bonds is 5. The van der Waals surface area contributed by atoms with E-state index in [-0.39, 0.29) is 23.7 Å². The molecule has 4 N–H and O–H groups in total. The monoisotopic (exact) mass is 366 g/mol. The molecule has 146 valence electrons. The number of likely N-dealkylation sites (tertiary alicyclic amines) is 1. The van der Waals surface area contributed by atoms with E-state index in [2.05, 4.69) is 31.2 Å². The lowest BCUT2D eigenvalue weighted by Gasteiger charge is -2.39. The molecule has 0 radical (unpaired) electrons. The smallest absolute Gasteiger partial charge is 0.322 e. The lowest BCUT2D eigenvalue weighted by atomic mass is 9.79. The molecule has 2 aliphatic rings. The number of imide groups is 1. The normalized spacial score (nSPS) is 24.5. The van der Waals surface area contributed by atoms with Gasteiger partial charge in [-0.25, -0.2) is 4.79 Å². The largest absolute Gasteiger partial charge is 0.354 e. The maximum absolute atomic E-state index is 12.1. The molecule has 26 heavy (non-hydrogen) atoms. The Balaban J connectivity index is 1.79. The molecule has 0 aromatic heterocycles. The first-order valence-electron chi connectivity index (χ1n) is 9.14. The molecule has 2 heterocycles. The van der Waals surface area contributed by atoms with Crippen LogP contribution in [-0.4, -0.2) is 67.5 Å². The molecular formula is C17H30N6O3. The molecule has 4 amide bonds. The molecule has 0 aromatic carbocycles. The fourth-order valence-electron chi connectivity index (χ4n) is 3.41. The molecule has 0 saturated carbocycles. The quantitative estimate of drug-likeness (QED) is 0.230. The molecule has 1 atom stereocenters. The molecule has 0 bridgehead atoms. The lowest BCUT2D eigenvalue weighted by molar-refractivity contribution is -0.126. The minimum absolute atomic E-state index is 0.0250. The third-order valence-corrected chi connectivity index (χ3v) is 5.13. The zero-order chi connectivity index (χ0) is 19.3. The van der Waals surface area contributed by atoms with Gasteiger partial charge in [-0.15, -0.1) is 0 Å². The highest BCUT2D eigenvalue weighted by Gasteiger charge is 2.48. The fourth-order valence-corrected chi connectivity index (χ4v) is 3.41. The summed E-state index contributed by atoms with van der Waals surface area (Å²) in [5, 5.41) is 11.2. The van der Waals surface area contributed by atoms with Crippen molar-refractivity contribution in [3.05, 3.63) is 0 Å². The standard InChI is InChI=1S/C17H30N6O3/c1-11(2)13(24)19-7-8-20-15(18-4)23-9-5-12(6-10-23)17(3)14(25)21-16(26)22-17/h11-12H,5-10H2,1-4H3,(H,18,20)(H,19,24)(H2,21,22,25,26). The summed E-state index contributed by atoms with van der Waals surface area (Å²) in [5.74, 6) is 0.640. The van der Waals surface area contributed by atoms with E-state index in [1.807, 2.05) is 13.8 Å². The molecule has 0 aliphatic carbocycles. The van der Waals surface area contributed by atoms with Gasteiger partial charge in [-0.05, 0) is 25.7 Å². The summed E-state index contributed by atoms with van der Waals surface area (Å²) < 4.78 is 0. The van der Waals surface area contributed by atoms with Gasteiger partial charge in [0.15, 0.2) is 5.96 Å². The van der Waals surface area contributed by atoms with Crippen molar-refractivity contribution in [3.63, 3.8) is 0 Å². The zero-order valence-corrected chi connectivity index (χ0v) is 16.0. The van der Waals surface area contributed by atoms with Gasteiger partial charge in [-0.3, -0.25) is 19.9 Å². The molecule has 9 nitrogen and oxygen atoms in total. The topological polar surface area (TPSA) is 115 Å². The first-order chi connectivity index (χ1) is 12.3. The van der Waals surface area contributed by atoms with Crippen LogP contribution in [0.15, 0.2) is 4.99 Å². The fraction of sp³-hybridized carbons (Fsp3) is 0.765. The Bertz CT molecular complexity index is 583. The Morgan fingerprint density at radius 1 is 1.27 bits per heavy atom. The molecule has 0 aromatic rings. The first-order valence-corrected chi connectivity index (χ1v) is 9.14. The molecule has 2 saturated heterocycles. The van der Waals surface area contributed by atoms with Crippen LogP contribution in [0.5, 0.6) is 0 Å². The average Bonchev–Trinajstić information content (AvgIpc) is 2.88. The van der Waals surface area contributed by atoms with Gasteiger partial charge in [0.2, 0.25) is 5.91 Å². The molecule has 2 aliphatic heterocycles. The number of nitrogens with zero attached hydrogens (tertiary/aromatic N) is 2. The first kappa shape index (κ1) is 20.0. The maximum Gasteiger partial charge on any atom is 0.322 e. The van der Waals surface area contributed by atoms with E-state index >= 15 is 0 Å². The van der Waals surface area contributed by atoms with Crippen LogP contribution in [0.1, 0.15) is 33.6 Å². The highest BCUT2D eigenvalue weighted by molar-refractivity contribution is 6.07. The van der Waals surface area contributed by atoms with Crippen molar-refractivity contribution in [2.45, 2.75) is 39.2 Å². The van der Waals surface area contributed by atoms with Gasteiger partial charge in [0.05, 0.1) is 0 Å². The van der Waals surface area contributed by atoms with Crippen molar-refractivity contribution in [1.82, 2.24) is 26.2 Å². The van der Waals surface area contributed by atoms with Crippen LogP contribution in [0.25, 0.3) is 0 Å². The lowest BCUT2D eigenvalue weighted by Crippen LogP contribution is -2.55. The number of hydrogen-bond donors (Lipinski definition) is 4. The Morgan fingerprint density at radius 3 is 2.38 bits per heavy atom. The van der Waals surface area contributed by atoms with Crippen LogP contribution in [0.3, 0.4) is 0 Å². The van der Waals surface area contributed by atoms with Crippen LogP contribution in [-0.2, 0) is 9.59 Å². The van der Waals surface area contributed by atoms with Crippen LogP contribution in [0, 0.1) is 11.8 Å². The van der Waals surface area contributed by atoms with Gasteiger partial charge in [0, 0.05) is 39.1 Å². The van der Waals surface area contributed by atoms with Crippen molar-refractivity contribution in [3.8, 4) is 0 Å². The van der Waals surface area contributed by atoms with E-state index < -0.39 is 11.6 Å². The van der Waals surface area contributed by atoms with Crippen molar-refractivity contribution >= 4 is 23.8 Å². The van der Waals surface area contributed by atoms with Crippen molar-refractivity contribution in [2.75, 3.05) is 33.2 Å². The number of hydrogen-bond acceptors (Lipinski definition) is 4. The highest BCUT2D eigenvalue weighted by Crippen LogP contribution is 2.30. The van der Waals surface area contributed by atoms with Gasteiger partial charge >= 0.3 is 6.03 Å². The summed E-state index contributed by atoms with van der Waals surface area (Å²) in [6.45, 7) is 8.15. The molecule has 2 fully saturated rings. The van der Waals surface area contributed by atoms with Crippen molar-refractivity contribution < 1.29 is 14.4 Å². The predicted octanol–water partition coefficient (Wildman–Crippen LogP) is -0.356. The Morgan fingerprint density at radius 2 is 1.88 bits per heavy atom. The van der Waals surface area contributed by atoms with Gasteiger partial charge in [-0.1, -0.05) is 13.8 Å². The van der Waals surface area contributed by atoms with Crippen LogP contribution in [0.2, 0.25) is 0 Å². The number of piperidine rings is 1. The number of nitrogens with one attached hydrogen (secondary N) is 4. The van der Waals surface area contributed by atoms with E-state index in [0.29, 0.717) is 13.1 Å². The summed E-state index contributed by atoms with van der Waals surface area (Å²) in [4.78, 5) is 41.5. The van der Waals surface area contributed by atoms with Gasteiger partial charge in [0.25, 0.3) is 5.91 Å². The second-order valence-corrected chi connectivity index (χ2v) is 7.29. The number of carbonyl (C=O) groups excluding carboxylic acids is 3. The molecular weight excluding hydrogens is 336 g/mol. The Hall–Kier alpha value is -2.32. The Labute approximate surface area is 154 Å². The van der Waals surface area contributed by atoms with Crippen LogP contribution >= 0.6 is 0 Å². The van der Waals surface area contributed by atoms with E-state index in [1.165, 1.54) is 0 Å². The van der Waals surface area contributed by atoms with Gasteiger partial charge < -0.3 is 20.9 Å². The SMILES string of the molecule is CN=C(NCCNC(=O)C(C)C)N1CCC(C2(C)NC(=O)NC2=O)CC1. The predicted molar refractivity (Wildman–Crippen MR) is 98.6 cm³/mol. The second-order valence-electron chi connectivity index (χ2n) is 7.29. The summed E-state index contributed by atoms with van der Waals surface area (Å²) in [6, 6.07) is -0.416. The summed E-state index contributed by atoms with van der Waals surface area (Å²) >= 11 is 0. The minimum Gasteiger partial charge on any atom is -0.354 e. The van der Waals surface area contributed by atoms with Gasteiger partial charge in [-0.2, -0.15) is 0 Å². The summed E-state index contributed by atoms with van der Waals surface area (Å²) in [6.07, 6.45) is 1.57. The van der Waals surface area contributed by atoms with E-state index in [4.69, 9.17) is 0 Å². The van der Waals surface area contributed by atoms with E-state index in [9.17, 15) is 14.4 Å². The number of amides is 4. The minimum atomic E-state index is -0.832. The maximum atomic E-state index is 12.1. The summed E-state index contributed by atoms with van der Waals surface area (Å²) in [5.41, 5.74) is -0.832. The summed E-state index contributed by atoms with van der Waals surface area (Å²) in [7, 11) is 1.73.